The fraction of sp³-hybridized carbons (Fsp3) is 0.550. The van der Waals surface area contributed by atoms with Gasteiger partial charge in [0.1, 0.15) is 0 Å². The SMILES string of the molecule is CC(C)OCc1ccc(C(=O)O[C@@H](C)C(=O)NC(=O)NC2CCCC2)cc1. The Kier molecular flexibility index (Phi) is 7.79. The van der Waals surface area contributed by atoms with Crippen molar-refractivity contribution in [3.8, 4) is 0 Å². The van der Waals surface area contributed by atoms with E-state index < -0.39 is 24.0 Å². The zero-order valence-electron chi connectivity index (χ0n) is 16.1. The molecule has 2 rings (SSSR count). The number of rotatable bonds is 7. The minimum absolute atomic E-state index is 0.105. The van der Waals surface area contributed by atoms with Gasteiger partial charge in [0.15, 0.2) is 6.10 Å². The molecule has 0 unspecified atom stereocenters. The lowest BCUT2D eigenvalue weighted by Gasteiger charge is -2.15. The first-order valence-corrected chi connectivity index (χ1v) is 9.38. The molecule has 1 aromatic carbocycles. The molecule has 1 aromatic rings. The predicted molar refractivity (Wildman–Crippen MR) is 100 cm³/mol. The highest BCUT2D eigenvalue weighted by molar-refractivity contribution is 5.98. The second-order valence-electron chi connectivity index (χ2n) is 7.05. The predicted octanol–water partition coefficient (Wildman–Crippen LogP) is 2.93. The van der Waals surface area contributed by atoms with Crippen molar-refractivity contribution < 1.29 is 23.9 Å². The van der Waals surface area contributed by atoms with Gasteiger partial charge < -0.3 is 14.8 Å². The molecule has 1 saturated carbocycles. The highest BCUT2D eigenvalue weighted by Crippen LogP contribution is 2.17. The van der Waals surface area contributed by atoms with E-state index in [-0.39, 0.29) is 12.1 Å². The van der Waals surface area contributed by atoms with E-state index in [4.69, 9.17) is 9.47 Å². The monoisotopic (exact) mass is 376 g/mol. The number of ether oxygens (including phenoxy) is 2. The van der Waals surface area contributed by atoms with Crippen molar-refractivity contribution in [1.29, 1.82) is 0 Å². The second-order valence-corrected chi connectivity index (χ2v) is 7.05. The first-order chi connectivity index (χ1) is 12.8. The van der Waals surface area contributed by atoms with Gasteiger partial charge in [-0.25, -0.2) is 9.59 Å². The van der Waals surface area contributed by atoms with Crippen molar-refractivity contribution in [3.63, 3.8) is 0 Å². The van der Waals surface area contributed by atoms with E-state index in [9.17, 15) is 14.4 Å². The Balaban J connectivity index is 1.79. The van der Waals surface area contributed by atoms with Crippen LogP contribution in [0.4, 0.5) is 4.79 Å². The van der Waals surface area contributed by atoms with Gasteiger partial charge in [-0.1, -0.05) is 25.0 Å². The number of urea groups is 1. The molecule has 1 atom stereocenters. The lowest BCUT2D eigenvalue weighted by atomic mass is 10.1. The van der Waals surface area contributed by atoms with E-state index in [1.165, 1.54) is 6.92 Å². The molecule has 0 heterocycles. The van der Waals surface area contributed by atoms with Crippen LogP contribution in [-0.4, -0.2) is 36.2 Å². The maximum absolute atomic E-state index is 12.2. The van der Waals surface area contributed by atoms with E-state index in [0.717, 1.165) is 31.2 Å². The molecule has 3 amide bonds. The van der Waals surface area contributed by atoms with Crippen LogP contribution in [0, 0.1) is 0 Å². The van der Waals surface area contributed by atoms with Gasteiger partial charge >= 0.3 is 12.0 Å². The molecule has 7 nitrogen and oxygen atoms in total. The smallest absolute Gasteiger partial charge is 0.338 e. The Labute approximate surface area is 159 Å². The highest BCUT2D eigenvalue weighted by Gasteiger charge is 2.23. The molecule has 0 radical (unpaired) electrons. The summed E-state index contributed by atoms with van der Waals surface area (Å²) in [6.07, 6.45) is 3.05. The summed E-state index contributed by atoms with van der Waals surface area (Å²) in [4.78, 5) is 36.0. The fourth-order valence-electron chi connectivity index (χ4n) is 2.79. The molecule has 0 spiro atoms. The van der Waals surface area contributed by atoms with Gasteiger partial charge in [0, 0.05) is 6.04 Å². The van der Waals surface area contributed by atoms with Gasteiger partial charge in [0.05, 0.1) is 18.3 Å². The van der Waals surface area contributed by atoms with Gasteiger partial charge in [-0.05, 0) is 51.3 Å². The lowest BCUT2D eigenvalue weighted by Crippen LogP contribution is -2.47. The van der Waals surface area contributed by atoms with Crippen LogP contribution >= 0.6 is 0 Å². The van der Waals surface area contributed by atoms with Crippen LogP contribution in [0.5, 0.6) is 0 Å². The van der Waals surface area contributed by atoms with Crippen molar-refractivity contribution in [2.45, 2.75) is 71.3 Å². The van der Waals surface area contributed by atoms with E-state index in [1.807, 2.05) is 13.8 Å². The summed E-state index contributed by atoms with van der Waals surface area (Å²) in [5.74, 6) is -1.27. The zero-order chi connectivity index (χ0) is 19.8. The summed E-state index contributed by atoms with van der Waals surface area (Å²) in [6.45, 7) is 5.79. The molecule has 2 N–H and O–H groups in total. The molecule has 0 saturated heterocycles. The third-order valence-electron chi connectivity index (χ3n) is 4.35. The maximum Gasteiger partial charge on any atom is 0.338 e. The lowest BCUT2D eigenvalue weighted by molar-refractivity contribution is -0.127. The summed E-state index contributed by atoms with van der Waals surface area (Å²) < 4.78 is 10.6. The molecule has 1 aliphatic rings. The van der Waals surface area contributed by atoms with Crippen molar-refractivity contribution in [3.05, 3.63) is 35.4 Å². The third-order valence-corrected chi connectivity index (χ3v) is 4.35. The molecule has 1 aliphatic carbocycles. The van der Waals surface area contributed by atoms with Crippen LogP contribution in [0.1, 0.15) is 62.4 Å². The Morgan fingerprint density at radius 2 is 1.70 bits per heavy atom. The minimum Gasteiger partial charge on any atom is -0.449 e. The molecule has 7 heteroatoms. The number of nitrogens with one attached hydrogen (secondary N) is 2. The number of benzene rings is 1. The van der Waals surface area contributed by atoms with Gasteiger partial charge in [-0.15, -0.1) is 0 Å². The van der Waals surface area contributed by atoms with Gasteiger partial charge in [-0.3, -0.25) is 10.1 Å². The van der Waals surface area contributed by atoms with Gasteiger partial charge in [-0.2, -0.15) is 0 Å². The van der Waals surface area contributed by atoms with Crippen LogP contribution in [0.2, 0.25) is 0 Å². The number of imide groups is 1. The van der Waals surface area contributed by atoms with Crippen molar-refractivity contribution in [2.24, 2.45) is 0 Å². The van der Waals surface area contributed by atoms with Crippen molar-refractivity contribution in [2.75, 3.05) is 0 Å². The first kappa shape index (κ1) is 20.9. The van der Waals surface area contributed by atoms with E-state index in [2.05, 4.69) is 10.6 Å². The van der Waals surface area contributed by atoms with E-state index >= 15 is 0 Å². The number of carbonyl (C=O) groups is 3. The van der Waals surface area contributed by atoms with Crippen LogP contribution in [0.15, 0.2) is 24.3 Å². The molecule has 27 heavy (non-hydrogen) atoms. The Hall–Kier alpha value is -2.41. The average Bonchev–Trinajstić information content (AvgIpc) is 3.12. The van der Waals surface area contributed by atoms with E-state index in [1.54, 1.807) is 24.3 Å². The summed E-state index contributed by atoms with van der Waals surface area (Å²) in [6, 6.07) is 6.35. The third kappa shape index (κ3) is 7.02. The highest BCUT2D eigenvalue weighted by atomic mass is 16.5. The summed E-state index contributed by atoms with van der Waals surface area (Å²) in [5.41, 5.74) is 1.27. The quantitative estimate of drug-likeness (QED) is 0.714. The largest absolute Gasteiger partial charge is 0.449 e. The minimum atomic E-state index is -1.07. The molecular formula is C20H28N2O5. The first-order valence-electron chi connectivity index (χ1n) is 9.38. The summed E-state index contributed by atoms with van der Waals surface area (Å²) >= 11 is 0. The number of hydrogen-bond donors (Lipinski definition) is 2. The second kappa shape index (κ2) is 10.1. The number of carbonyl (C=O) groups excluding carboxylic acids is 3. The number of amides is 3. The molecule has 0 aliphatic heterocycles. The standard InChI is InChI=1S/C20H28N2O5/c1-13(2)26-12-15-8-10-16(11-9-15)19(24)27-14(3)18(23)22-20(25)21-17-6-4-5-7-17/h8-11,13-14,17H,4-7,12H2,1-3H3,(H2,21,22,23,25)/t14-/m0/s1. The maximum atomic E-state index is 12.2. The number of hydrogen-bond acceptors (Lipinski definition) is 5. The normalized spacial score (nSPS) is 15.4. The number of esters is 1. The zero-order valence-corrected chi connectivity index (χ0v) is 16.1. The van der Waals surface area contributed by atoms with Crippen LogP contribution < -0.4 is 10.6 Å². The molecule has 1 fully saturated rings. The average molecular weight is 376 g/mol. The van der Waals surface area contributed by atoms with Crippen LogP contribution in [-0.2, 0) is 20.9 Å². The molecule has 0 aromatic heterocycles. The summed E-state index contributed by atoms with van der Waals surface area (Å²) in [7, 11) is 0. The van der Waals surface area contributed by atoms with Crippen LogP contribution in [0.25, 0.3) is 0 Å². The van der Waals surface area contributed by atoms with E-state index in [0.29, 0.717) is 12.2 Å². The Bertz CT molecular complexity index is 651. The Morgan fingerprint density at radius 3 is 2.30 bits per heavy atom. The van der Waals surface area contributed by atoms with Crippen LogP contribution in [0.3, 0.4) is 0 Å². The molecule has 0 bridgehead atoms. The topological polar surface area (TPSA) is 93.7 Å². The Morgan fingerprint density at radius 1 is 1.07 bits per heavy atom. The molecular weight excluding hydrogens is 348 g/mol. The van der Waals surface area contributed by atoms with Gasteiger partial charge in [0.25, 0.3) is 5.91 Å². The van der Waals surface area contributed by atoms with Gasteiger partial charge in [0.2, 0.25) is 0 Å². The molecule has 148 valence electrons. The summed E-state index contributed by atoms with van der Waals surface area (Å²) in [5, 5.41) is 4.97. The fourth-order valence-corrected chi connectivity index (χ4v) is 2.79. The van der Waals surface area contributed by atoms with Crippen molar-refractivity contribution in [1.82, 2.24) is 10.6 Å². The van der Waals surface area contributed by atoms with Crippen molar-refractivity contribution >= 4 is 17.9 Å².